The molecule has 3 heterocycles. The van der Waals surface area contributed by atoms with Crippen LogP contribution in [0.4, 0.5) is 4.79 Å². The Balaban J connectivity index is 1.29. The second kappa shape index (κ2) is 8.53. The van der Waals surface area contributed by atoms with Crippen LogP contribution < -0.4 is 5.32 Å². The van der Waals surface area contributed by atoms with E-state index in [9.17, 15) is 19.2 Å². The number of rotatable bonds is 4. The van der Waals surface area contributed by atoms with E-state index >= 15 is 0 Å². The number of urea groups is 1. The van der Waals surface area contributed by atoms with E-state index in [0.29, 0.717) is 45.6 Å². The highest BCUT2D eigenvalue weighted by Crippen LogP contribution is 2.36. The van der Waals surface area contributed by atoms with Gasteiger partial charge in [0.05, 0.1) is 6.54 Å². The van der Waals surface area contributed by atoms with Gasteiger partial charge in [0.25, 0.3) is 5.91 Å². The molecular weight excluding hydrogens is 386 g/mol. The second-order valence-corrected chi connectivity index (χ2v) is 9.11. The topological polar surface area (TPSA) is 93.3 Å². The normalized spacial score (nSPS) is 25.7. The predicted molar refractivity (Wildman–Crippen MR) is 109 cm³/mol. The summed E-state index contributed by atoms with van der Waals surface area (Å²) < 4.78 is 0. The number of hydrogen-bond acceptors (Lipinski definition) is 5. The van der Waals surface area contributed by atoms with E-state index in [1.165, 1.54) is 6.42 Å². The van der Waals surface area contributed by atoms with Crippen molar-refractivity contribution in [3.63, 3.8) is 0 Å². The van der Waals surface area contributed by atoms with Gasteiger partial charge in [-0.05, 0) is 39.0 Å². The number of piperidine rings is 1. The van der Waals surface area contributed by atoms with Crippen LogP contribution in [-0.4, -0.2) is 101 Å². The third-order valence-electron chi connectivity index (χ3n) is 7.15. The Bertz CT molecular complexity index is 706. The third-order valence-corrected chi connectivity index (χ3v) is 7.15. The highest BCUT2D eigenvalue weighted by Gasteiger charge is 2.54. The van der Waals surface area contributed by atoms with Crippen LogP contribution in [0, 0.1) is 0 Å². The van der Waals surface area contributed by atoms with E-state index in [1.807, 2.05) is 4.90 Å². The van der Waals surface area contributed by atoms with Gasteiger partial charge in [-0.1, -0.05) is 12.8 Å². The van der Waals surface area contributed by atoms with E-state index in [1.54, 1.807) is 11.8 Å². The molecule has 1 spiro atoms. The van der Waals surface area contributed by atoms with Gasteiger partial charge in [-0.15, -0.1) is 0 Å². The molecule has 1 aliphatic carbocycles. The summed E-state index contributed by atoms with van der Waals surface area (Å²) in [6.45, 7) is 6.00. The van der Waals surface area contributed by atoms with Gasteiger partial charge in [0.1, 0.15) is 11.6 Å². The highest BCUT2D eigenvalue weighted by molar-refractivity contribution is 6.10. The summed E-state index contributed by atoms with van der Waals surface area (Å²) in [4.78, 5) is 57.7. The Hall–Kier alpha value is -2.16. The van der Waals surface area contributed by atoms with Gasteiger partial charge in [0.2, 0.25) is 11.8 Å². The van der Waals surface area contributed by atoms with Crippen molar-refractivity contribution in [2.75, 3.05) is 45.8 Å². The molecule has 166 valence electrons. The van der Waals surface area contributed by atoms with Gasteiger partial charge >= 0.3 is 6.03 Å². The van der Waals surface area contributed by atoms with Gasteiger partial charge < -0.3 is 15.1 Å². The number of hydrogen-bond donors (Lipinski definition) is 1. The maximum atomic E-state index is 13.0. The second-order valence-electron chi connectivity index (χ2n) is 9.11. The molecule has 9 nitrogen and oxygen atoms in total. The van der Waals surface area contributed by atoms with E-state index in [4.69, 9.17) is 0 Å². The Kier molecular flexibility index (Phi) is 5.99. The van der Waals surface area contributed by atoms with Gasteiger partial charge in [-0.25, -0.2) is 9.69 Å². The maximum absolute atomic E-state index is 13.0. The van der Waals surface area contributed by atoms with Crippen LogP contribution in [-0.2, 0) is 14.4 Å². The van der Waals surface area contributed by atoms with E-state index in [0.717, 1.165) is 43.7 Å². The molecule has 0 aromatic carbocycles. The molecular formula is C21H33N5O4. The van der Waals surface area contributed by atoms with Crippen molar-refractivity contribution in [2.24, 2.45) is 0 Å². The quantitative estimate of drug-likeness (QED) is 0.666. The average Bonchev–Trinajstić information content (AvgIpc) is 3.32. The minimum Gasteiger partial charge on any atom is -0.342 e. The Morgan fingerprint density at radius 2 is 1.53 bits per heavy atom. The highest BCUT2D eigenvalue weighted by atomic mass is 16.2. The minimum absolute atomic E-state index is 0.170. The number of nitrogens with zero attached hydrogens (tertiary/aromatic N) is 4. The van der Waals surface area contributed by atoms with Crippen LogP contribution in [0.25, 0.3) is 0 Å². The summed E-state index contributed by atoms with van der Waals surface area (Å²) in [6, 6.07) is -1.26. The van der Waals surface area contributed by atoms with Gasteiger partial charge in [0.15, 0.2) is 0 Å². The van der Waals surface area contributed by atoms with E-state index in [2.05, 4.69) is 10.2 Å². The van der Waals surface area contributed by atoms with Crippen molar-refractivity contribution in [3.8, 4) is 0 Å². The minimum atomic E-state index is -0.806. The molecule has 1 N–H and O–H groups in total. The lowest BCUT2D eigenvalue weighted by Gasteiger charge is -2.37. The lowest BCUT2D eigenvalue weighted by molar-refractivity contribution is -0.144. The number of likely N-dealkylation sites (tertiary alicyclic amines) is 1. The molecule has 0 bridgehead atoms. The smallest absolute Gasteiger partial charge is 0.325 e. The zero-order chi connectivity index (χ0) is 21.3. The largest absolute Gasteiger partial charge is 0.342 e. The van der Waals surface area contributed by atoms with Crippen LogP contribution in [0.1, 0.15) is 51.9 Å². The van der Waals surface area contributed by atoms with Gasteiger partial charge in [-0.3, -0.25) is 19.3 Å². The Morgan fingerprint density at radius 1 is 0.900 bits per heavy atom. The first kappa shape index (κ1) is 21.1. The monoisotopic (exact) mass is 419 g/mol. The summed E-state index contributed by atoms with van der Waals surface area (Å²) in [7, 11) is 0. The van der Waals surface area contributed by atoms with Crippen molar-refractivity contribution in [2.45, 2.75) is 63.5 Å². The SMILES string of the molecule is CC(C(=O)N1CCN(CC(=O)N2CCCCC2)CC1)N1C(=O)NC2(CCCC2)C1=O. The summed E-state index contributed by atoms with van der Waals surface area (Å²) in [5.74, 6) is -0.281. The van der Waals surface area contributed by atoms with Gasteiger partial charge in [0, 0.05) is 39.3 Å². The molecule has 5 amide bonds. The number of imide groups is 1. The lowest BCUT2D eigenvalue weighted by Crippen LogP contribution is -2.56. The number of amides is 5. The number of piperazine rings is 1. The fraction of sp³-hybridized carbons (Fsp3) is 0.810. The summed E-state index contributed by atoms with van der Waals surface area (Å²) in [5.41, 5.74) is -0.793. The molecule has 1 saturated carbocycles. The number of carbonyl (C=O) groups excluding carboxylic acids is 4. The van der Waals surface area contributed by atoms with Crippen molar-refractivity contribution >= 4 is 23.8 Å². The number of nitrogens with one attached hydrogen (secondary N) is 1. The van der Waals surface area contributed by atoms with Crippen molar-refractivity contribution in [3.05, 3.63) is 0 Å². The zero-order valence-electron chi connectivity index (χ0n) is 17.9. The van der Waals surface area contributed by atoms with E-state index < -0.39 is 17.6 Å². The molecule has 1 atom stereocenters. The van der Waals surface area contributed by atoms with Crippen LogP contribution in [0.15, 0.2) is 0 Å². The van der Waals surface area contributed by atoms with Crippen LogP contribution in [0.2, 0.25) is 0 Å². The Labute approximate surface area is 177 Å². The molecule has 1 unspecified atom stereocenters. The summed E-state index contributed by atoms with van der Waals surface area (Å²) >= 11 is 0. The first-order chi connectivity index (χ1) is 14.4. The van der Waals surface area contributed by atoms with Crippen molar-refractivity contribution < 1.29 is 19.2 Å². The van der Waals surface area contributed by atoms with Crippen molar-refractivity contribution in [1.82, 2.24) is 24.9 Å². The first-order valence-electron chi connectivity index (χ1n) is 11.4. The number of carbonyl (C=O) groups is 4. The fourth-order valence-electron chi connectivity index (χ4n) is 5.25. The standard InChI is InChI=1S/C21H33N5O4/c1-16(26-19(29)21(22-20(26)30)7-3-4-8-21)18(28)25-13-11-23(12-14-25)15-17(27)24-9-5-2-6-10-24/h16H,2-15H2,1H3,(H,22,30). The molecule has 0 aromatic heterocycles. The molecule has 0 aromatic rings. The predicted octanol–water partition coefficient (Wildman–Crippen LogP) is 0.396. The molecule has 3 saturated heterocycles. The third kappa shape index (κ3) is 3.91. The van der Waals surface area contributed by atoms with Crippen LogP contribution >= 0.6 is 0 Å². The molecule has 0 radical (unpaired) electrons. The van der Waals surface area contributed by atoms with Crippen molar-refractivity contribution in [1.29, 1.82) is 0 Å². The van der Waals surface area contributed by atoms with Gasteiger partial charge in [-0.2, -0.15) is 0 Å². The molecule has 3 aliphatic heterocycles. The van der Waals surface area contributed by atoms with Crippen LogP contribution in [0.5, 0.6) is 0 Å². The molecule has 4 fully saturated rings. The summed E-state index contributed by atoms with van der Waals surface area (Å²) in [5, 5.41) is 2.84. The fourth-order valence-corrected chi connectivity index (χ4v) is 5.25. The molecule has 9 heteroatoms. The summed E-state index contributed by atoms with van der Waals surface area (Å²) in [6.07, 6.45) is 6.49. The van der Waals surface area contributed by atoms with E-state index in [-0.39, 0.29) is 17.7 Å². The Morgan fingerprint density at radius 3 is 2.17 bits per heavy atom. The molecule has 4 aliphatic rings. The van der Waals surface area contributed by atoms with Crippen LogP contribution in [0.3, 0.4) is 0 Å². The zero-order valence-corrected chi connectivity index (χ0v) is 17.9. The maximum Gasteiger partial charge on any atom is 0.325 e. The average molecular weight is 420 g/mol. The molecule has 4 rings (SSSR count). The lowest BCUT2D eigenvalue weighted by atomic mass is 9.97. The molecule has 30 heavy (non-hydrogen) atoms. The first-order valence-corrected chi connectivity index (χ1v) is 11.4.